The van der Waals surface area contributed by atoms with E-state index in [9.17, 15) is 9.59 Å². The van der Waals surface area contributed by atoms with E-state index in [2.05, 4.69) is 10.4 Å². The predicted molar refractivity (Wildman–Crippen MR) is 103 cm³/mol. The maximum atomic E-state index is 13.2. The van der Waals surface area contributed by atoms with Gasteiger partial charge in [-0.05, 0) is 37.8 Å². The lowest BCUT2D eigenvalue weighted by Gasteiger charge is -2.36. The number of imide groups is 1. The van der Waals surface area contributed by atoms with Crippen molar-refractivity contribution in [2.45, 2.75) is 51.6 Å². The van der Waals surface area contributed by atoms with Gasteiger partial charge in [0, 0.05) is 5.56 Å². The fourth-order valence-electron chi connectivity index (χ4n) is 4.25. The second-order valence-electron chi connectivity index (χ2n) is 7.54. The number of carbonyl (C=O) groups excluding carboxylic acids is 2. The van der Waals surface area contributed by atoms with E-state index < -0.39 is 5.54 Å². The van der Waals surface area contributed by atoms with Crippen molar-refractivity contribution in [2.24, 2.45) is 5.92 Å². The Morgan fingerprint density at radius 1 is 1.26 bits per heavy atom. The van der Waals surface area contributed by atoms with Crippen LogP contribution in [0.4, 0.5) is 4.79 Å². The number of aryl methyl sites for hydroxylation is 1. The van der Waals surface area contributed by atoms with Crippen molar-refractivity contribution < 1.29 is 9.59 Å². The number of benzene rings is 1. The van der Waals surface area contributed by atoms with Crippen LogP contribution in [0, 0.1) is 12.8 Å². The SMILES string of the molecule is Cc1nn(-c2ccccc2)c(Cl)c1CN1C(=O)N[C@]2(CCCC[C@@H]2C)C1=O. The molecule has 2 fully saturated rings. The average Bonchev–Trinajstić information content (AvgIpc) is 3.08. The van der Waals surface area contributed by atoms with Crippen molar-refractivity contribution in [2.75, 3.05) is 0 Å². The Morgan fingerprint density at radius 2 is 2.00 bits per heavy atom. The number of para-hydroxylation sites is 1. The molecular formula is C20H23ClN4O2. The molecule has 1 aromatic heterocycles. The molecule has 2 aromatic rings. The quantitative estimate of drug-likeness (QED) is 0.815. The molecule has 142 valence electrons. The lowest BCUT2D eigenvalue weighted by atomic mass is 9.73. The number of carbonyl (C=O) groups is 2. The molecule has 3 amide bonds. The average molecular weight is 387 g/mol. The summed E-state index contributed by atoms with van der Waals surface area (Å²) in [5, 5.41) is 7.92. The number of halogens is 1. The van der Waals surface area contributed by atoms with Crippen molar-refractivity contribution >= 4 is 23.5 Å². The number of hydrogen-bond donors (Lipinski definition) is 1. The van der Waals surface area contributed by atoms with Gasteiger partial charge in [-0.3, -0.25) is 9.69 Å². The van der Waals surface area contributed by atoms with Crippen molar-refractivity contribution in [3.05, 3.63) is 46.7 Å². The molecule has 6 nitrogen and oxygen atoms in total. The predicted octanol–water partition coefficient (Wildman–Crippen LogP) is 3.83. The minimum atomic E-state index is -0.759. The van der Waals surface area contributed by atoms with Crippen LogP contribution in [0.1, 0.15) is 43.9 Å². The Labute approximate surface area is 163 Å². The highest BCUT2D eigenvalue weighted by Gasteiger charge is 2.54. The fourth-order valence-corrected chi connectivity index (χ4v) is 4.58. The third-order valence-electron chi connectivity index (χ3n) is 5.94. The number of urea groups is 1. The van der Waals surface area contributed by atoms with Crippen LogP contribution in [0.5, 0.6) is 0 Å². The molecule has 1 spiro atoms. The van der Waals surface area contributed by atoms with Crippen molar-refractivity contribution in [3.63, 3.8) is 0 Å². The normalized spacial score (nSPS) is 25.3. The summed E-state index contributed by atoms with van der Waals surface area (Å²) in [6.07, 6.45) is 3.70. The molecule has 0 radical (unpaired) electrons. The first-order chi connectivity index (χ1) is 12.9. The van der Waals surface area contributed by atoms with E-state index in [1.165, 1.54) is 4.90 Å². The summed E-state index contributed by atoms with van der Waals surface area (Å²) in [6.45, 7) is 4.03. The zero-order valence-corrected chi connectivity index (χ0v) is 16.3. The Bertz CT molecular complexity index is 895. The molecule has 1 N–H and O–H groups in total. The van der Waals surface area contributed by atoms with E-state index in [1.54, 1.807) is 4.68 Å². The van der Waals surface area contributed by atoms with Gasteiger partial charge >= 0.3 is 6.03 Å². The molecule has 2 heterocycles. The summed E-state index contributed by atoms with van der Waals surface area (Å²) >= 11 is 6.57. The summed E-state index contributed by atoms with van der Waals surface area (Å²) in [4.78, 5) is 27.1. The zero-order chi connectivity index (χ0) is 19.2. The van der Waals surface area contributed by atoms with Gasteiger partial charge in [-0.1, -0.05) is 49.6 Å². The summed E-state index contributed by atoms with van der Waals surface area (Å²) in [7, 11) is 0. The number of hydrogen-bond acceptors (Lipinski definition) is 3. The first kappa shape index (κ1) is 18.0. The van der Waals surface area contributed by atoms with E-state index in [0.717, 1.165) is 24.9 Å². The molecule has 2 aliphatic rings. The van der Waals surface area contributed by atoms with Crippen molar-refractivity contribution in [3.8, 4) is 5.69 Å². The monoisotopic (exact) mass is 386 g/mol. The van der Waals surface area contributed by atoms with Gasteiger partial charge in [0.25, 0.3) is 5.91 Å². The van der Waals surface area contributed by atoms with Gasteiger partial charge in [0.2, 0.25) is 0 Å². The minimum absolute atomic E-state index is 0.135. The van der Waals surface area contributed by atoms with Gasteiger partial charge in [0.1, 0.15) is 10.7 Å². The maximum absolute atomic E-state index is 13.2. The Morgan fingerprint density at radius 3 is 2.70 bits per heavy atom. The fraction of sp³-hybridized carbons (Fsp3) is 0.450. The van der Waals surface area contributed by atoms with Crippen LogP contribution in [-0.4, -0.2) is 32.2 Å². The number of rotatable bonds is 3. The number of nitrogens with zero attached hydrogens (tertiary/aromatic N) is 3. The van der Waals surface area contributed by atoms with Gasteiger partial charge in [-0.2, -0.15) is 5.10 Å². The van der Waals surface area contributed by atoms with Crippen LogP contribution in [-0.2, 0) is 11.3 Å². The molecule has 2 atom stereocenters. The second kappa shape index (κ2) is 6.68. The van der Waals surface area contributed by atoms with Crippen LogP contribution in [0.15, 0.2) is 30.3 Å². The molecule has 1 aliphatic heterocycles. The largest absolute Gasteiger partial charge is 0.325 e. The van der Waals surface area contributed by atoms with Crippen molar-refractivity contribution in [1.82, 2.24) is 20.0 Å². The molecular weight excluding hydrogens is 364 g/mol. The minimum Gasteiger partial charge on any atom is -0.323 e. The van der Waals surface area contributed by atoms with Gasteiger partial charge in [-0.15, -0.1) is 0 Å². The highest BCUT2D eigenvalue weighted by atomic mass is 35.5. The van der Waals surface area contributed by atoms with Gasteiger partial charge in [0.15, 0.2) is 0 Å². The van der Waals surface area contributed by atoms with Crippen LogP contribution < -0.4 is 5.32 Å². The molecule has 1 aromatic carbocycles. The lowest BCUT2D eigenvalue weighted by Crippen LogP contribution is -2.53. The molecule has 7 heteroatoms. The Kier molecular flexibility index (Phi) is 4.46. The summed E-state index contributed by atoms with van der Waals surface area (Å²) in [6, 6.07) is 9.23. The maximum Gasteiger partial charge on any atom is 0.325 e. The van der Waals surface area contributed by atoms with Gasteiger partial charge in [-0.25, -0.2) is 9.48 Å². The lowest BCUT2D eigenvalue weighted by molar-refractivity contribution is -0.134. The van der Waals surface area contributed by atoms with Crippen LogP contribution in [0.3, 0.4) is 0 Å². The van der Waals surface area contributed by atoms with Gasteiger partial charge < -0.3 is 5.32 Å². The van der Waals surface area contributed by atoms with E-state index in [-0.39, 0.29) is 24.4 Å². The molecule has 1 saturated heterocycles. The molecule has 0 bridgehead atoms. The summed E-state index contributed by atoms with van der Waals surface area (Å²) in [5.41, 5.74) is 1.49. The number of nitrogens with one attached hydrogen (secondary N) is 1. The Hall–Kier alpha value is -2.34. The summed E-state index contributed by atoms with van der Waals surface area (Å²) in [5.74, 6) is -0.000983. The molecule has 1 aliphatic carbocycles. The summed E-state index contributed by atoms with van der Waals surface area (Å²) < 4.78 is 1.64. The molecule has 1 saturated carbocycles. The van der Waals surface area contributed by atoms with Crippen LogP contribution in [0.25, 0.3) is 5.69 Å². The third-order valence-corrected chi connectivity index (χ3v) is 6.33. The van der Waals surface area contributed by atoms with Gasteiger partial charge in [0.05, 0.1) is 17.9 Å². The standard InChI is InChI=1S/C20H23ClN4O2/c1-13-8-6-7-11-20(13)18(26)24(19(27)22-20)12-16-14(2)23-25(17(16)21)15-9-4-3-5-10-15/h3-5,9-10,13H,6-8,11-12H2,1-2H3,(H,22,27)/t13-,20-/m0/s1. The zero-order valence-electron chi connectivity index (χ0n) is 15.5. The third kappa shape index (κ3) is 2.83. The number of amides is 3. The molecule has 4 rings (SSSR count). The molecule has 27 heavy (non-hydrogen) atoms. The van der Waals surface area contributed by atoms with E-state index in [0.29, 0.717) is 22.8 Å². The second-order valence-corrected chi connectivity index (χ2v) is 7.90. The first-order valence-electron chi connectivity index (χ1n) is 9.37. The first-order valence-corrected chi connectivity index (χ1v) is 9.75. The molecule has 0 unspecified atom stereocenters. The van der Waals surface area contributed by atoms with Crippen LogP contribution >= 0.6 is 11.6 Å². The highest BCUT2D eigenvalue weighted by molar-refractivity contribution is 6.30. The Balaban J connectivity index is 1.64. The van der Waals surface area contributed by atoms with E-state index >= 15 is 0 Å². The van der Waals surface area contributed by atoms with E-state index in [1.807, 2.05) is 44.2 Å². The topological polar surface area (TPSA) is 67.2 Å². The van der Waals surface area contributed by atoms with Crippen LogP contribution in [0.2, 0.25) is 5.15 Å². The van der Waals surface area contributed by atoms with Crippen molar-refractivity contribution in [1.29, 1.82) is 0 Å². The number of aromatic nitrogens is 2. The smallest absolute Gasteiger partial charge is 0.323 e. The van der Waals surface area contributed by atoms with E-state index in [4.69, 9.17) is 11.6 Å². The highest BCUT2D eigenvalue weighted by Crippen LogP contribution is 2.39.